The Kier molecular flexibility index (Phi) is 7.88. The van der Waals surface area contributed by atoms with Gasteiger partial charge in [-0.25, -0.2) is 0 Å². The number of anilines is 2. The van der Waals surface area contributed by atoms with E-state index in [1.54, 1.807) is 38.6 Å². The van der Waals surface area contributed by atoms with E-state index in [4.69, 9.17) is 0 Å². The highest BCUT2D eigenvalue weighted by atomic mass is 16.2. The van der Waals surface area contributed by atoms with Crippen LogP contribution in [0.2, 0.25) is 0 Å². The normalized spacial score (nSPS) is 13.8. The van der Waals surface area contributed by atoms with E-state index in [0.29, 0.717) is 33.9 Å². The Labute approximate surface area is 269 Å². The van der Waals surface area contributed by atoms with Crippen LogP contribution in [-0.2, 0) is 9.59 Å². The van der Waals surface area contributed by atoms with Crippen molar-refractivity contribution in [2.24, 2.45) is 0 Å². The second kappa shape index (κ2) is 12.1. The van der Waals surface area contributed by atoms with Crippen molar-refractivity contribution in [2.45, 2.75) is 0 Å². The molecule has 0 spiro atoms. The summed E-state index contributed by atoms with van der Waals surface area (Å²) in [4.78, 5) is 43.4. The summed E-state index contributed by atoms with van der Waals surface area (Å²) in [6.07, 6.45) is 3.32. The molecule has 8 nitrogen and oxygen atoms in total. The first-order valence-corrected chi connectivity index (χ1v) is 14.7. The molecule has 0 radical (unpaired) electrons. The molecule has 0 saturated heterocycles. The molecule has 4 heterocycles. The SMILES string of the molecule is CN1C(=O)C2=C(c3ccc(C#Cc4ccc(N(C)C)cc4)cn3)N(C)C(=O)C2=C1c1ccc(C#Cc2ccc(N(C)C)cc2)cn1. The van der Waals surface area contributed by atoms with E-state index >= 15 is 0 Å². The van der Waals surface area contributed by atoms with Gasteiger partial charge in [-0.3, -0.25) is 19.6 Å². The minimum absolute atomic E-state index is 0.281. The number of hydrogen-bond acceptors (Lipinski definition) is 6. The van der Waals surface area contributed by atoms with E-state index in [1.165, 1.54) is 9.80 Å². The molecule has 0 fully saturated rings. The summed E-state index contributed by atoms with van der Waals surface area (Å²) in [7, 11) is 11.3. The van der Waals surface area contributed by atoms with Gasteiger partial charge in [-0.2, -0.15) is 0 Å². The second-order valence-corrected chi connectivity index (χ2v) is 11.4. The maximum atomic E-state index is 13.6. The predicted molar refractivity (Wildman–Crippen MR) is 181 cm³/mol. The van der Waals surface area contributed by atoms with Crippen LogP contribution in [0.3, 0.4) is 0 Å². The molecular formula is C38H32N6O2. The summed E-state index contributed by atoms with van der Waals surface area (Å²) in [5, 5.41) is 0. The number of carbonyl (C=O) groups excluding carboxylic acids is 2. The molecule has 0 N–H and O–H groups in total. The minimum atomic E-state index is -0.281. The zero-order valence-electron chi connectivity index (χ0n) is 26.6. The van der Waals surface area contributed by atoms with Crippen LogP contribution >= 0.6 is 0 Å². The van der Waals surface area contributed by atoms with Crippen LogP contribution < -0.4 is 9.80 Å². The zero-order chi connectivity index (χ0) is 32.5. The van der Waals surface area contributed by atoms with E-state index in [1.807, 2.05) is 98.7 Å². The lowest BCUT2D eigenvalue weighted by Crippen LogP contribution is -2.25. The van der Waals surface area contributed by atoms with Gasteiger partial charge >= 0.3 is 0 Å². The molecule has 46 heavy (non-hydrogen) atoms. The summed E-state index contributed by atoms with van der Waals surface area (Å²) < 4.78 is 0. The number of benzene rings is 2. The summed E-state index contributed by atoms with van der Waals surface area (Å²) in [5.41, 5.74) is 8.05. The molecular weight excluding hydrogens is 572 g/mol. The van der Waals surface area contributed by atoms with Crippen molar-refractivity contribution in [3.05, 3.63) is 130 Å². The number of likely N-dealkylation sites (N-methyl/N-ethyl adjacent to an activating group) is 2. The molecule has 0 saturated carbocycles. The van der Waals surface area contributed by atoms with Crippen LogP contribution in [0.4, 0.5) is 11.4 Å². The summed E-state index contributed by atoms with van der Waals surface area (Å²) in [6, 6.07) is 23.3. The number of amides is 2. The Morgan fingerprint density at radius 2 is 0.826 bits per heavy atom. The van der Waals surface area contributed by atoms with E-state index in [9.17, 15) is 9.59 Å². The fourth-order valence-electron chi connectivity index (χ4n) is 5.32. The van der Waals surface area contributed by atoms with Gasteiger partial charge in [0.2, 0.25) is 0 Å². The van der Waals surface area contributed by atoms with Crippen molar-refractivity contribution in [2.75, 3.05) is 52.1 Å². The van der Waals surface area contributed by atoms with Gasteiger partial charge in [-0.05, 0) is 72.8 Å². The first kappa shape index (κ1) is 29.9. The number of fused-ring (bicyclic) bond motifs is 1. The first-order chi connectivity index (χ1) is 22.1. The highest BCUT2D eigenvalue weighted by Gasteiger charge is 2.47. The molecule has 6 rings (SSSR count). The van der Waals surface area contributed by atoms with Crippen molar-refractivity contribution >= 4 is 34.6 Å². The topological polar surface area (TPSA) is 72.9 Å². The number of nitrogens with zero attached hydrogens (tertiary/aromatic N) is 6. The van der Waals surface area contributed by atoms with Crippen LogP contribution in [0.5, 0.6) is 0 Å². The lowest BCUT2D eigenvalue weighted by atomic mass is 10.0. The lowest BCUT2D eigenvalue weighted by molar-refractivity contribution is -0.123. The largest absolute Gasteiger partial charge is 0.378 e. The van der Waals surface area contributed by atoms with Gasteiger partial charge in [0.25, 0.3) is 11.8 Å². The highest BCUT2D eigenvalue weighted by Crippen LogP contribution is 2.44. The number of rotatable bonds is 4. The van der Waals surface area contributed by atoms with Gasteiger partial charge < -0.3 is 19.6 Å². The number of pyridine rings is 2. The van der Waals surface area contributed by atoms with Crippen LogP contribution in [0.1, 0.15) is 33.6 Å². The second-order valence-electron chi connectivity index (χ2n) is 11.4. The fraction of sp³-hybridized carbons (Fsp3) is 0.158. The zero-order valence-corrected chi connectivity index (χ0v) is 26.6. The number of carbonyl (C=O) groups is 2. The molecule has 0 aliphatic carbocycles. The van der Waals surface area contributed by atoms with Crippen molar-refractivity contribution in [3.63, 3.8) is 0 Å². The maximum absolute atomic E-state index is 13.6. The third-order valence-corrected chi connectivity index (χ3v) is 7.91. The Morgan fingerprint density at radius 3 is 1.13 bits per heavy atom. The Hall–Kier alpha value is -6.12. The molecule has 0 unspecified atom stereocenters. The number of aromatic nitrogens is 2. The van der Waals surface area contributed by atoms with Crippen molar-refractivity contribution in [1.82, 2.24) is 19.8 Å². The first-order valence-electron chi connectivity index (χ1n) is 14.7. The number of hydrogen-bond donors (Lipinski definition) is 0. The van der Waals surface area contributed by atoms with E-state index in [2.05, 4.69) is 33.6 Å². The molecule has 2 aliphatic rings. The quantitative estimate of drug-likeness (QED) is 0.320. The van der Waals surface area contributed by atoms with E-state index < -0.39 is 0 Å². The fourth-order valence-corrected chi connectivity index (χ4v) is 5.32. The van der Waals surface area contributed by atoms with Crippen molar-refractivity contribution in [1.29, 1.82) is 0 Å². The van der Waals surface area contributed by atoms with E-state index in [-0.39, 0.29) is 11.8 Å². The van der Waals surface area contributed by atoms with Gasteiger partial charge in [0.1, 0.15) is 0 Å². The van der Waals surface area contributed by atoms with Gasteiger partial charge in [-0.1, -0.05) is 23.7 Å². The lowest BCUT2D eigenvalue weighted by Gasteiger charge is -2.19. The van der Waals surface area contributed by atoms with Crippen LogP contribution in [0.25, 0.3) is 11.4 Å². The summed E-state index contributed by atoms with van der Waals surface area (Å²) >= 11 is 0. The molecule has 2 amide bonds. The smallest absolute Gasteiger partial charge is 0.261 e. The monoisotopic (exact) mass is 604 g/mol. The average molecular weight is 605 g/mol. The molecule has 8 heteroatoms. The van der Waals surface area contributed by atoms with Gasteiger partial charge in [-0.15, -0.1) is 0 Å². The van der Waals surface area contributed by atoms with Crippen LogP contribution in [0.15, 0.2) is 96.3 Å². The predicted octanol–water partition coefficient (Wildman–Crippen LogP) is 4.47. The summed E-state index contributed by atoms with van der Waals surface area (Å²) in [6.45, 7) is 0. The minimum Gasteiger partial charge on any atom is -0.378 e. The molecule has 0 atom stereocenters. The molecule has 0 bridgehead atoms. The molecule has 2 aliphatic heterocycles. The molecule has 2 aromatic heterocycles. The molecule has 4 aromatic rings. The van der Waals surface area contributed by atoms with E-state index in [0.717, 1.165) is 33.6 Å². The van der Waals surface area contributed by atoms with Crippen LogP contribution in [-0.4, -0.2) is 73.9 Å². The van der Waals surface area contributed by atoms with Crippen molar-refractivity contribution in [3.8, 4) is 23.7 Å². The average Bonchev–Trinajstić information content (AvgIpc) is 3.47. The van der Waals surface area contributed by atoms with Gasteiger partial charge in [0.15, 0.2) is 0 Å². The Balaban J connectivity index is 1.27. The van der Waals surface area contributed by atoms with Crippen molar-refractivity contribution < 1.29 is 9.59 Å². The maximum Gasteiger partial charge on any atom is 0.261 e. The third kappa shape index (κ3) is 5.60. The van der Waals surface area contributed by atoms with Crippen LogP contribution in [0, 0.1) is 23.7 Å². The van der Waals surface area contributed by atoms with Gasteiger partial charge in [0, 0.05) is 88.3 Å². The summed E-state index contributed by atoms with van der Waals surface area (Å²) in [5.74, 6) is 12.0. The third-order valence-electron chi connectivity index (χ3n) is 7.91. The van der Waals surface area contributed by atoms with Gasteiger partial charge in [0.05, 0.1) is 33.9 Å². The molecule has 2 aromatic carbocycles. The Bertz CT molecular complexity index is 1880. The standard InChI is InChI=1S/C38H32N6O2/c1-41(2)29-17-11-25(12-18-29)7-9-27-15-21-31(39-23-27)35-33-34(38(46)43(35)5)36(44(6)37(33)45)32-22-16-28(24-40-32)10-8-26-13-19-30(20-14-26)42(3)4/h11-24H,1-6H3. The molecule has 226 valence electrons. The highest BCUT2D eigenvalue weighted by molar-refractivity contribution is 6.29. The Morgan fingerprint density at radius 1 is 0.500 bits per heavy atom.